The van der Waals surface area contributed by atoms with Crippen LogP contribution in [-0.4, -0.2) is 34.0 Å². The first kappa shape index (κ1) is 17.6. The van der Waals surface area contributed by atoms with Gasteiger partial charge in [0, 0.05) is 71.3 Å². The lowest BCUT2D eigenvalue weighted by atomic mass is 10.1. The first-order valence-electron chi connectivity index (χ1n) is 9.32. The van der Waals surface area contributed by atoms with E-state index >= 15 is 0 Å². The molecule has 0 unspecified atom stereocenters. The average molecular weight is 401 g/mol. The van der Waals surface area contributed by atoms with E-state index in [1.807, 2.05) is 49.8 Å². The number of nitrogens with one attached hydrogen (secondary N) is 2. The molecule has 4 heterocycles. The summed E-state index contributed by atoms with van der Waals surface area (Å²) < 4.78 is 0. The molecule has 0 aliphatic carbocycles. The monoisotopic (exact) mass is 400 g/mol. The molecule has 4 aromatic heterocycles. The molecule has 0 saturated heterocycles. The minimum absolute atomic E-state index is 0.700. The Hall–Kier alpha value is -3.45. The van der Waals surface area contributed by atoms with Crippen LogP contribution in [0.15, 0.2) is 55.1 Å². The van der Waals surface area contributed by atoms with Crippen molar-refractivity contribution in [3.05, 3.63) is 60.7 Å². The van der Waals surface area contributed by atoms with Gasteiger partial charge in [-0.2, -0.15) is 0 Å². The van der Waals surface area contributed by atoms with Gasteiger partial charge in [0.15, 0.2) is 0 Å². The van der Waals surface area contributed by atoms with Crippen molar-refractivity contribution >= 4 is 49.8 Å². The van der Waals surface area contributed by atoms with E-state index in [4.69, 9.17) is 0 Å². The number of hydrogen-bond acceptors (Lipinski definition) is 6. The number of fused-ring (bicyclic) bond motifs is 2. The van der Waals surface area contributed by atoms with Crippen LogP contribution in [0, 0.1) is 6.92 Å². The standard InChI is InChI=1S/C22H20N6S/c1-13-15-6-8-23-18(15)5-4-17(13)27-19-7-9-24-21-16(19)10-20(29-21)14-11-25-22(26-12-14)28(2)3/h4-12,23H,1-3H3,(H,24,27). The van der Waals surface area contributed by atoms with Gasteiger partial charge in [-0.15, -0.1) is 11.3 Å². The number of pyridine rings is 1. The van der Waals surface area contributed by atoms with Crippen LogP contribution in [0.25, 0.3) is 31.6 Å². The molecule has 29 heavy (non-hydrogen) atoms. The number of thiophene rings is 1. The third-order valence-electron chi connectivity index (χ3n) is 5.03. The highest BCUT2D eigenvalue weighted by atomic mass is 32.1. The largest absolute Gasteiger partial charge is 0.361 e. The molecule has 5 rings (SSSR count). The normalized spacial score (nSPS) is 11.3. The van der Waals surface area contributed by atoms with Gasteiger partial charge in [-0.3, -0.25) is 0 Å². The van der Waals surface area contributed by atoms with Crippen molar-refractivity contribution in [1.29, 1.82) is 0 Å². The Morgan fingerprint density at radius 1 is 0.966 bits per heavy atom. The van der Waals surface area contributed by atoms with Gasteiger partial charge in [-0.05, 0) is 42.8 Å². The molecule has 0 bridgehead atoms. The van der Waals surface area contributed by atoms with Crippen LogP contribution in [0.1, 0.15) is 5.56 Å². The minimum Gasteiger partial charge on any atom is -0.361 e. The van der Waals surface area contributed by atoms with Crippen LogP contribution >= 0.6 is 11.3 Å². The molecule has 0 fully saturated rings. The third-order valence-corrected chi connectivity index (χ3v) is 6.12. The van der Waals surface area contributed by atoms with Gasteiger partial charge < -0.3 is 15.2 Å². The molecule has 1 aromatic carbocycles. The van der Waals surface area contributed by atoms with Crippen LogP contribution in [0.5, 0.6) is 0 Å². The summed E-state index contributed by atoms with van der Waals surface area (Å²) in [7, 11) is 3.87. The number of hydrogen-bond donors (Lipinski definition) is 2. The summed E-state index contributed by atoms with van der Waals surface area (Å²) in [5.74, 6) is 0.700. The van der Waals surface area contributed by atoms with E-state index in [1.165, 1.54) is 10.9 Å². The SMILES string of the molecule is Cc1c(Nc2ccnc3sc(-c4cnc(N(C)C)nc4)cc23)ccc2[nH]ccc12. The van der Waals surface area contributed by atoms with E-state index in [9.17, 15) is 0 Å². The lowest BCUT2D eigenvalue weighted by Gasteiger charge is -2.11. The second kappa shape index (κ2) is 6.86. The van der Waals surface area contributed by atoms with Gasteiger partial charge in [-0.1, -0.05) is 0 Å². The molecule has 2 N–H and O–H groups in total. The lowest BCUT2D eigenvalue weighted by Crippen LogP contribution is -2.12. The number of aromatic nitrogens is 4. The molecule has 0 amide bonds. The zero-order valence-electron chi connectivity index (χ0n) is 16.4. The molecule has 0 aliphatic rings. The summed E-state index contributed by atoms with van der Waals surface area (Å²) >= 11 is 1.65. The number of aromatic amines is 1. The first-order chi connectivity index (χ1) is 14.1. The fourth-order valence-electron chi connectivity index (χ4n) is 3.43. The Morgan fingerprint density at radius 2 is 1.79 bits per heavy atom. The molecular weight excluding hydrogens is 380 g/mol. The smallest absolute Gasteiger partial charge is 0.224 e. The Kier molecular flexibility index (Phi) is 4.17. The topological polar surface area (TPSA) is 69.7 Å². The summed E-state index contributed by atoms with van der Waals surface area (Å²) in [5, 5.41) is 5.92. The summed E-state index contributed by atoms with van der Waals surface area (Å²) in [6.07, 6.45) is 7.55. The van der Waals surface area contributed by atoms with E-state index in [2.05, 4.69) is 56.4 Å². The van der Waals surface area contributed by atoms with Crippen molar-refractivity contribution in [2.24, 2.45) is 0 Å². The highest BCUT2D eigenvalue weighted by Gasteiger charge is 2.12. The van der Waals surface area contributed by atoms with Crippen LogP contribution in [0.2, 0.25) is 0 Å². The zero-order chi connectivity index (χ0) is 20.0. The lowest BCUT2D eigenvalue weighted by molar-refractivity contribution is 1.00. The van der Waals surface area contributed by atoms with E-state index in [0.717, 1.165) is 37.5 Å². The molecule has 0 spiro atoms. The van der Waals surface area contributed by atoms with E-state index in [0.29, 0.717) is 5.95 Å². The fourth-order valence-corrected chi connectivity index (χ4v) is 4.44. The Bertz CT molecular complexity index is 1320. The van der Waals surface area contributed by atoms with Crippen LogP contribution in [0.4, 0.5) is 17.3 Å². The summed E-state index contributed by atoms with van der Waals surface area (Å²) in [5.41, 5.74) is 5.50. The number of anilines is 3. The fraction of sp³-hybridized carbons (Fsp3) is 0.136. The van der Waals surface area contributed by atoms with Gasteiger partial charge in [-0.25, -0.2) is 15.0 Å². The minimum atomic E-state index is 0.700. The maximum absolute atomic E-state index is 4.56. The van der Waals surface area contributed by atoms with E-state index < -0.39 is 0 Å². The Morgan fingerprint density at radius 3 is 2.59 bits per heavy atom. The van der Waals surface area contributed by atoms with Gasteiger partial charge in [0.05, 0.1) is 5.69 Å². The second-order valence-corrected chi connectivity index (χ2v) is 8.19. The van der Waals surface area contributed by atoms with Crippen molar-refractivity contribution in [2.45, 2.75) is 6.92 Å². The number of rotatable bonds is 4. The zero-order valence-corrected chi connectivity index (χ0v) is 17.2. The summed E-state index contributed by atoms with van der Waals surface area (Å²) in [6, 6.07) is 10.5. The predicted octanol–water partition coefficient (Wildman–Crippen LogP) is 5.35. The molecule has 0 aliphatic heterocycles. The maximum atomic E-state index is 4.56. The maximum Gasteiger partial charge on any atom is 0.224 e. The number of aryl methyl sites for hydroxylation is 1. The van der Waals surface area contributed by atoms with Crippen LogP contribution in [0.3, 0.4) is 0 Å². The van der Waals surface area contributed by atoms with Crippen molar-refractivity contribution in [2.75, 3.05) is 24.3 Å². The molecule has 5 aromatic rings. The number of benzene rings is 1. The van der Waals surface area contributed by atoms with Gasteiger partial charge in [0.1, 0.15) is 4.83 Å². The van der Waals surface area contributed by atoms with E-state index in [1.54, 1.807) is 11.3 Å². The number of H-pyrrole nitrogens is 1. The number of nitrogens with zero attached hydrogens (tertiary/aromatic N) is 4. The molecule has 0 atom stereocenters. The molecule has 0 radical (unpaired) electrons. The molecule has 144 valence electrons. The van der Waals surface area contributed by atoms with Crippen molar-refractivity contribution in [3.8, 4) is 10.4 Å². The van der Waals surface area contributed by atoms with Crippen LogP contribution in [-0.2, 0) is 0 Å². The average Bonchev–Trinajstić information content (AvgIpc) is 3.38. The summed E-state index contributed by atoms with van der Waals surface area (Å²) in [4.78, 5) is 20.7. The third kappa shape index (κ3) is 3.09. The highest BCUT2D eigenvalue weighted by Crippen LogP contribution is 2.37. The van der Waals surface area contributed by atoms with Gasteiger partial charge >= 0.3 is 0 Å². The first-order valence-corrected chi connectivity index (χ1v) is 10.1. The predicted molar refractivity (Wildman–Crippen MR) is 121 cm³/mol. The highest BCUT2D eigenvalue weighted by molar-refractivity contribution is 7.21. The van der Waals surface area contributed by atoms with Crippen molar-refractivity contribution in [3.63, 3.8) is 0 Å². The van der Waals surface area contributed by atoms with Crippen molar-refractivity contribution in [1.82, 2.24) is 19.9 Å². The second-order valence-electron chi connectivity index (χ2n) is 7.16. The van der Waals surface area contributed by atoms with Gasteiger partial charge in [0.2, 0.25) is 5.95 Å². The summed E-state index contributed by atoms with van der Waals surface area (Å²) in [6.45, 7) is 2.14. The van der Waals surface area contributed by atoms with Gasteiger partial charge in [0.25, 0.3) is 0 Å². The molecule has 6 nitrogen and oxygen atoms in total. The quantitative estimate of drug-likeness (QED) is 0.425. The molecule has 0 saturated carbocycles. The van der Waals surface area contributed by atoms with Crippen LogP contribution < -0.4 is 10.2 Å². The van der Waals surface area contributed by atoms with Crippen molar-refractivity contribution < 1.29 is 0 Å². The van der Waals surface area contributed by atoms with E-state index in [-0.39, 0.29) is 0 Å². The Balaban J connectivity index is 1.54. The molecule has 7 heteroatoms. The molecular formula is C22H20N6S. The Labute approximate surface area is 172 Å².